The number of hydrogen-bond donors (Lipinski definition) is 2. The highest BCUT2D eigenvalue weighted by Gasteiger charge is 2.40. The summed E-state index contributed by atoms with van der Waals surface area (Å²) >= 11 is 0. The van der Waals surface area contributed by atoms with Crippen LogP contribution >= 0.6 is 0 Å². The van der Waals surface area contributed by atoms with Gasteiger partial charge in [0.15, 0.2) is 0 Å². The number of hydrogen-bond acceptors (Lipinski definition) is 7. The SMILES string of the molecule is C#Cc1cc2cnc(NC3CCN(S(=O)(=O)c4ccc(C(C)(C)C)cc4)CC3)nc2n([C@@H]2CCC[C@@]2(C)O)c1=O. The Kier molecular flexibility index (Phi) is 7.27. The van der Waals surface area contributed by atoms with E-state index in [-0.39, 0.29) is 22.6 Å². The van der Waals surface area contributed by atoms with Crippen molar-refractivity contribution < 1.29 is 13.5 Å². The number of rotatable bonds is 5. The van der Waals surface area contributed by atoms with Gasteiger partial charge < -0.3 is 10.4 Å². The number of fused-ring (bicyclic) bond motifs is 1. The van der Waals surface area contributed by atoms with Gasteiger partial charge in [0.25, 0.3) is 5.56 Å². The van der Waals surface area contributed by atoms with Crippen LogP contribution in [0.1, 0.15) is 77.0 Å². The summed E-state index contributed by atoms with van der Waals surface area (Å²) in [6, 6.07) is 8.28. The van der Waals surface area contributed by atoms with Gasteiger partial charge in [0.1, 0.15) is 5.65 Å². The number of aliphatic hydroxyl groups is 1. The molecular weight excluding hydrogens is 526 g/mol. The molecule has 10 heteroatoms. The third-order valence-electron chi connectivity index (χ3n) is 8.26. The number of benzene rings is 1. The minimum Gasteiger partial charge on any atom is -0.388 e. The van der Waals surface area contributed by atoms with E-state index in [2.05, 4.69) is 42.0 Å². The topological polar surface area (TPSA) is 117 Å². The van der Waals surface area contributed by atoms with Gasteiger partial charge in [-0.05, 0) is 68.2 Å². The number of nitrogens with zero attached hydrogens (tertiary/aromatic N) is 4. The maximum Gasteiger partial charge on any atom is 0.268 e. The first-order chi connectivity index (χ1) is 18.8. The molecule has 0 bridgehead atoms. The van der Waals surface area contributed by atoms with Gasteiger partial charge in [-0.1, -0.05) is 38.8 Å². The van der Waals surface area contributed by atoms with Crippen LogP contribution in [0.3, 0.4) is 0 Å². The summed E-state index contributed by atoms with van der Waals surface area (Å²) in [6.45, 7) is 8.77. The van der Waals surface area contributed by atoms with E-state index in [4.69, 9.17) is 6.42 Å². The molecule has 0 amide bonds. The van der Waals surface area contributed by atoms with Crippen LogP contribution in [0, 0.1) is 12.3 Å². The highest BCUT2D eigenvalue weighted by atomic mass is 32.2. The Morgan fingerprint density at radius 1 is 1.15 bits per heavy atom. The summed E-state index contributed by atoms with van der Waals surface area (Å²) in [5.74, 6) is 2.81. The van der Waals surface area contributed by atoms with E-state index in [1.807, 2.05) is 12.1 Å². The van der Waals surface area contributed by atoms with Crippen molar-refractivity contribution >= 4 is 27.0 Å². The highest BCUT2D eigenvalue weighted by molar-refractivity contribution is 7.89. The molecule has 5 rings (SSSR count). The maximum atomic E-state index is 13.3. The van der Waals surface area contributed by atoms with Crippen molar-refractivity contribution in [1.29, 1.82) is 0 Å². The highest BCUT2D eigenvalue weighted by Crippen LogP contribution is 2.39. The van der Waals surface area contributed by atoms with Crippen LogP contribution in [0.15, 0.2) is 46.2 Å². The molecule has 0 unspecified atom stereocenters. The van der Waals surface area contributed by atoms with Crippen LogP contribution < -0.4 is 10.9 Å². The molecule has 1 aliphatic carbocycles. The third-order valence-corrected chi connectivity index (χ3v) is 10.2. The number of sulfonamides is 1. The van der Waals surface area contributed by atoms with Gasteiger partial charge in [-0.15, -0.1) is 6.42 Å². The molecule has 1 saturated heterocycles. The minimum atomic E-state index is -3.59. The van der Waals surface area contributed by atoms with Gasteiger partial charge in [-0.3, -0.25) is 9.36 Å². The quantitative estimate of drug-likeness (QED) is 0.454. The first kappa shape index (κ1) is 28.3. The van der Waals surface area contributed by atoms with Gasteiger partial charge >= 0.3 is 0 Å². The van der Waals surface area contributed by atoms with Crippen LogP contribution in [0.2, 0.25) is 0 Å². The van der Waals surface area contributed by atoms with E-state index < -0.39 is 21.7 Å². The fourth-order valence-electron chi connectivity index (χ4n) is 5.82. The summed E-state index contributed by atoms with van der Waals surface area (Å²) in [5, 5.41) is 14.9. The largest absolute Gasteiger partial charge is 0.388 e. The predicted octanol–water partition coefficient (Wildman–Crippen LogP) is 3.81. The summed E-state index contributed by atoms with van der Waals surface area (Å²) < 4.78 is 29.6. The molecule has 3 heterocycles. The molecule has 2 atom stereocenters. The van der Waals surface area contributed by atoms with Crippen molar-refractivity contribution in [1.82, 2.24) is 18.8 Å². The van der Waals surface area contributed by atoms with E-state index in [1.54, 1.807) is 31.3 Å². The normalized spacial score (nSPS) is 22.9. The van der Waals surface area contributed by atoms with Crippen LogP contribution in [-0.4, -0.2) is 57.1 Å². The zero-order valence-corrected chi connectivity index (χ0v) is 24.3. The summed E-state index contributed by atoms with van der Waals surface area (Å²) in [5.41, 5.74) is 0.273. The fourth-order valence-corrected chi connectivity index (χ4v) is 7.29. The maximum absolute atomic E-state index is 13.3. The molecule has 3 aromatic rings. The zero-order chi connectivity index (χ0) is 28.9. The average molecular weight is 564 g/mol. The monoisotopic (exact) mass is 563 g/mol. The van der Waals surface area contributed by atoms with Crippen LogP contribution in [0.25, 0.3) is 11.0 Å². The van der Waals surface area contributed by atoms with E-state index in [9.17, 15) is 18.3 Å². The Hall–Kier alpha value is -3.26. The lowest BCUT2D eigenvalue weighted by molar-refractivity contribution is 0.0266. The lowest BCUT2D eigenvalue weighted by atomic mass is 9.87. The van der Waals surface area contributed by atoms with E-state index >= 15 is 0 Å². The summed E-state index contributed by atoms with van der Waals surface area (Å²) in [7, 11) is -3.59. The number of pyridine rings is 1. The molecule has 1 aliphatic heterocycles. The lowest BCUT2D eigenvalue weighted by Crippen LogP contribution is -2.42. The van der Waals surface area contributed by atoms with Crippen molar-refractivity contribution in [2.75, 3.05) is 18.4 Å². The number of nitrogens with one attached hydrogen (secondary N) is 1. The Labute approximate surface area is 235 Å². The Morgan fingerprint density at radius 3 is 2.40 bits per heavy atom. The Balaban J connectivity index is 1.34. The molecule has 2 aliphatic rings. The van der Waals surface area contributed by atoms with E-state index in [0.717, 1.165) is 12.0 Å². The van der Waals surface area contributed by atoms with Crippen LogP contribution in [-0.2, 0) is 15.4 Å². The minimum absolute atomic E-state index is 0.0353. The van der Waals surface area contributed by atoms with Crippen molar-refractivity contribution in [2.45, 2.75) is 87.8 Å². The molecule has 9 nitrogen and oxygen atoms in total. The standard InChI is InChI=1S/C30H37N5O4S/c1-6-20-18-21-19-31-28(33-26(21)35(27(20)36)25-8-7-15-30(25,5)37)32-23-13-16-34(17-14-23)40(38,39)24-11-9-22(10-12-24)29(2,3)4/h1,9-12,18-19,23,25,37H,7-8,13-17H2,2-5H3,(H,31,32,33)/t25-,30-/m1/s1. The fraction of sp³-hybridized carbons (Fsp3) is 0.500. The molecule has 212 valence electrons. The van der Waals surface area contributed by atoms with Crippen molar-refractivity contribution in [3.8, 4) is 12.3 Å². The molecule has 40 heavy (non-hydrogen) atoms. The molecule has 2 N–H and O–H groups in total. The summed E-state index contributed by atoms with van der Waals surface area (Å²) in [4.78, 5) is 22.7. The number of piperidine rings is 1. The second-order valence-corrected chi connectivity index (χ2v) is 14.2. The average Bonchev–Trinajstić information content (AvgIpc) is 3.26. The Morgan fingerprint density at radius 2 is 1.82 bits per heavy atom. The Bertz CT molecular complexity index is 1620. The smallest absolute Gasteiger partial charge is 0.268 e. The van der Waals surface area contributed by atoms with Crippen LogP contribution in [0.5, 0.6) is 0 Å². The number of aromatic nitrogens is 3. The first-order valence-corrected chi connectivity index (χ1v) is 15.2. The van der Waals surface area contributed by atoms with E-state index in [1.165, 1.54) is 8.87 Å². The first-order valence-electron chi connectivity index (χ1n) is 13.8. The number of anilines is 1. The third kappa shape index (κ3) is 5.26. The lowest BCUT2D eigenvalue weighted by Gasteiger charge is -2.32. The molecule has 1 aromatic carbocycles. The van der Waals surface area contributed by atoms with Gasteiger partial charge in [0.05, 0.1) is 22.1 Å². The van der Waals surface area contributed by atoms with Crippen LogP contribution in [0.4, 0.5) is 5.95 Å². The van der Waals surface area contributed by atoms with Crippen molar-refractivity contribution in [2.24, 2.45) is 0 Å². The summed E-state index contributed by atoms with van der Waals surface area (Å²) in [6.07, 6.45) is 10.4. The molecule has 0 radical (unpaired) electrons. The van der Waals surface area contributed by atoms with Gasteiger partial charge in [0.2, 0.25) is 16.0 Å². The molecule has 2 aromatic heterocycles. The molecular formula is C30H37N5O4S. The predicted molar refractivity (Wildman–Crippen MR) is 156 cm³/mol. The van der Waals surface area contributed by atoms with Crippen molar-refractivity contribution in [3.05, 3.63) is 58.0 Å². The molecule has 1 saturated carbocycles. The van der Waals surface area contributed by atoms with Gasteiger partial charge in [-0.2, -0.15) is 9.29 Å². The van der Waals surface area contributed by atoms with Gasteiger partial charge in [0, 0.05) is 30.7 Å². The molecule has 0 spiro atoms. The second kappa shape index (κ2) is 10.3. The van der Waals surface area contributed by atoms with Gasteiger partial charge in [-0.25, -0.2) is 13.4 Å². The van der Waals surface area contributed by atoms with E-state index in [0.29, 0.717) is 60.7 Å². The zero-order valence-electron chi connectivity index (χ0n) is 23.5. The van der Waals surface area contributed by atoms with Crippen molar-refractivity contribution in [3.63, 3.8) is 0 Å². The second-order valence-electron chi connectivity index (χ2n) is 12.2. The molecule has 2 fully saturated rings. The number of terminal acetylenes is 1.